The Morgan fingerprint density at radius 2 is 1.46 bits per heavy atom. The fraction of sp³-hybridized carbons (Fsp3) is 0.130. The molecule has 2 amide bonds. The Morgan fingerprint density at radius 3 is 2.21 bits per heavy atom. The van der Waals surface area contributed by atoms with Gasteiger partial charge in [0.25, 0.3) is 11.8 Å². The van der Waals surface area contributed by atoms with Gasteiger partial charge in [-0.1, -0.05) is 24.3 Å². The quantitative estimate of drug-likeness (QED) is 0.726. The Kier molecular flexibility index (Phi) is 4.89. The lowest BCUT2D eigenvalue weighted by molar-refractivity contribution is 0.0938. The van der Waals surface area contributed by atoms with Gasteiger partial charge in [0.05, 0.1) is 0 Å². The zero-order chi connectivity index (χ0) is 19.5. The molecule has 2 N–H and O–H groups in total. The number of benzene rings is 3. The van der Waals surface area contributed by atoms with Gasteiger partial charge < -0.3 is 10.6 Å². The van der Waals surface area contributed by atoms with Crippen LogP contribution in [0.4, 0.5) is 10.1 Å². The molecular formula is C23H19FN2O2. The Morgan fingerprint density at radius 1 is 0.786 bits per heavy atom. The van der Waals surface area contributed by atoms with Crippen LogP contribution in [0.5, 0.6) is 0 Å². The first-order valence-corrected chi connectivity index (χ1v) is 9.13. The first kappa shape index (κ1) is 17.9. The summed E-state index contributed by atoms with van der Waals surface area (Å²) in [6.45, 7) is 0. The van der Waals surface area contributed by atoms with Gasteiger partial charge in [0.2, 0.25) is 0 Å². The van der Waals surface area contributed by atoms with Gasteiger partial charge in [0.15, 0.2) is 0 Å². The van der Waals surface area contributed by atoms with E-state index in [0.717, 1.165) is 23.2 Å². The number of hydrogen-bond donors (Lipinski definition) is 2. The monoisotopic (exact) mass is 374 g/mol. The molecule has 4 rings (SSSR count). The van der Waals surface area contributed by atoms with Gasteiger partial charge in [-0.3, -0.25) is 9.59 Å². The molecule has 0 aliphatic heterocycles. The number of rotatable bonds is 4. The lowest BCUT2D eigenvalue weighted by atomic mass is 10.1. The van der Waals surface area contributed by atoms with Crippen molar-refractivity contribution in [1.82, 2.24) is 5.32 Å². The number of carbonyl (C=O) groups excluding carboxylic acids is 2. The molecule has 1 aliphatic carbocycles. The Labute approximate surface area is 162 Å². The molecule has 0 saturated carbocycles. The van der Waals surface area contributed by atoms with Crippen LogP contribution < -0.4 is 10.6 Å². The summed E-state index contributed by atoms with van der Waals surface area (Å²) in [6.07, 6.45) is 1.42. The summed E-state index contributed by atoms with van der Waals surface area (Å²) >= 11 is 0. The fourth-order valence-electron chi connectivity index (χ4n) is 3.46. The van der Waals surface area contributed by atoms with Gasteiger partial charge in [-0.15, -0.1) is 0 Å². The predicted molar refractivity (Wildman–Crippen MR) is 106 cm³/mol. The summed E-state index contributed by atoms with van der Waals surface area (Å²) in [7, 11) is 0. The van der Waals surface area contributed by atoms with Crippen molar-refractivity contribution in [3.05, 3.63) is 101 Å². The minimum atomic E-state index is -0.366. The van der Waals surface area contributed by atoms with E-state index in [-0.39, 0.29) is 23.7 Å². The highest BCUT2D eigenvalue weighted by Gasteiger charge is 2.24. The summed E-state index contributed by atoms with van der Waals surface area (Å²) in [5, 5.41) is 5.91. The molecule has 3 aromatic carbocycles. The number of hydrogen-bond acceptors (Lipinski definition) is 2. The zero-order valence-electron chi connectivity index (χ0n) is 15.1. The molecule has 0 radical (unpaired) electrons. The van der Waals surface area contributed by atoms with Crippen molar-refractivity contribution in [1.29, 1.82) is 0 Å². The fourth-order valence-corrected chi connectivity index (χ4v) is 3.46. The van der Waals surface area contributed by atoms with E-state index < -0.39 is 0 Å². The van der Waals surface area contributed by atoms with E-state index in [1.54, 1.807) is 12.1 Å². The third kappa shape index (κ3) is 3.93. The molecule has 0 heterocycles. The average molecular weight is 374 g/mol. The van der Waals surface area contributed by atoms with Gasteiger partial charge in [-0.05, 0) is 72.5 Å². The normalized spacial score (nSPS) is 15.0. The van der Waals surface area contributed by atoms with Crippen LogP contribution in [-0.4, -0.2) is 17.9 Å². The van der Waals surface area contributed by atoms with Crippen LogP contribution in [0.25, 0.3) is 0 Å². The highest BCUT2D eigenvalue weighted by molar-refractivity contribution is 6.04. The first-order valence-electron chi connectivity index (χ1n) is 9.13. The number of halogens is 1. The second kappa shape index (κ2) is 7.64. The minimum absolute atomic E-state index is 0.0207. The average Bonchev–Trinajstić information content (AvgIpc) is 3.10. The molecule has 4 nitrogen and oxygen atoms in total. The third-order valence-corrected chi connectivity index (χ3v) is 4.87. The first-order chi connectivity index (χ1) is 13.6. The second-order valence-corrected chi connectivity index (χ2v) is 6.89. The molecule has 1 atom stereocenters. The molecule has 140 valence electrons. The zero-order valence-corrected chi connectivity index (χ0v) is 15.1. The maximum absolute atomic E-state index is 13.0. The molecule has 0 fully saturated rings. The molecule has 0 spiro atoms. The molecule has 3 aromatic rings. The molecule has 0 aromatic heterocycles. The summed E-state index contributed by atoms with van der Waals surface area (Å²) in [4.78, 5) is 24.7. The van der Waals surface area contributed by atoms with Crippen LogP contribution in [-0.2, 0) is 12.8 Å². The predicted octanol–water partition coefficient (Wildman–Crippen LogP) is 3.98. The van der Waals surface area contributed by atoms with Gasteiger partial charge in [0.1, 0.15) is 5.82 Å². The third-order valence-electron chi connectivity index (χ3n) is 4.87. The van der Waals surface area contributed by atoms with Crippen LogP contribution in [0.1, 0.15) is 31.8 Å². The van der Waals surface area contributed by atoms with Gasteiger partial charge in [0, 0.05) is 22.9 Å². The number of amides is 2. The molecule has 0 saturated heterocycles. The van der Waals surface area contributed by atoms with E-state index in [4.69, 9.17) is 0 Å². The van der Waals surface area contributed by atoms with Crippen LogP contribution in [0.2, 0.25) is 0 Å². The van der Waals surface area contributed by atoms with Crippen LogP contribution in [0.3, 0.4) is 0 Å². The van der Waals surface area contributed by atoms with E-state index in [9.17, 15) is 14.0 Å². The van der Waals surface area contributed by atoms with Crippen molar-refractivity contribution >= 4 is 17.5 Å². The molecule has 0 bridgehead atoms. The molecule has 1 unspecified atom stereocenters. The highest BCUT2D eigenvalue weighted by atomic mass is 19.1. The van der Waals surface area contributed by atoms with Crippen molar-refractivity contribution in [2.24, 2.45) is 0 Å². The van der Waals surface area contributed by atoms with Crippen LogP contribution in [0.15, 0.2) is 72.8 Å². The smallest absolute Gasteiger partial charge is 0.255 e. The number of carbonyl (C=O) groups is 2. The summed E-state index contributed by atoms with van der Waals surface area (Å²) in [5.41, 5.74) is 4.04. The standard InChI is InChI=1S/C23H19FN2O2/c24-19-9-6-16(7-10-19)23(28)26-21-12-17-8-11-20(13-18(17)14-21)25-22(27)15-4-2-1-3-5-15/h1-11,13,21H,12,14H2,(H,25,27)(H,26,28). The van der Waals surface area contributed by atoms with Crippen molar-refractivity contribution in [2.75, 3.05) is 5.32 Å². The lowest BCUT2D eigenvalue weighted by Crippen LogP contribution is -2.35. The highest BCUT2D eigenvalue weighted by Crippen LogP contribution is 2.26. The van der Waals surface area contributed by atoms with Crippen LogP contribution >= 0.6 is 0 Å². The van der Waals surface area contributed by atoms with Gasteiger partial charge in [-0.2, -0.15) is 0 Å². The summed E-state index contributed by atoms with van der Waals surface area (Å²) < 4.78 is 13.0. The minimum Gasteiger partial charge on any atom is -0.349 e. The summed E-state index contributed by atoms with van der Waals surface area (Å²) in [5.74, 6) is -0.731. The Bertz CT molecular complexity index is 1020. The topological polar surface area (TPSA) is 58.2 Å². The Hall–Kier alpha value is -3.47. The van der Waals surface area contributed by atoms with E-state index in [1.807, 2.05) is 36.4 Å². The second-order valence-electron chi connectivity index (χ2n) is 6.89. The van der Waals surface area contributed by atoms with Crippen molar-refractivity contribution < 1.29 is 14.0 Å². The summed E-state index contributed by atoms with van der Waals surface area (Å²) in [6, 6.07) is 20.4. The van der Waals surface area contributed by atoms with E-state index in [1.165, 1.54) is 24.3 Å². The molecule has 5 heteroatoms. The lowest BCUT2D eigenvalue weighted by Gasteiger charge is -2.12. The van der Waals surface area contributed by atoms with Crippen LogP contribution in [0, 0.1) is 5.82 Å². The van der Waals surface area contributed by atoms with Crippen molar-refractivity contribution in [3.63, 3.8) is 0 Å². The number of anilines is 1. The maximum Gasteiger partial charge on any atom is 0.255 e. The van der Waals surface area contributed by atoms with Gasteiger partial charge in [-0.25, -0.2) is 4.39 Å². The van der Waals surface area contributed by atoms with Gasteiger partial charge >= 0.3 is 0 Å². The maximum atomic E-state index is 13.0. The number of fused-ring (bicyclic) bond motifs is 1. The molecular weight excluding hydrogens is 355 g/mol. The Balaban J connectivity index is 1.40. The van der Waals surface area contributed by atoms with Crippen molar-refractivity contribution in [2.45, 2.75) is 18.9 Å². The van der Waals surface area contributed by atoms with E-state index in [2.05, 4.69) is 10.6 Å². The molecule has 28 heavy (non-hydrogen) atoms. The van der Waals surface area contributed by atoms with E-state index >= 15 is 0 Å². The largest absolute Gasteiger partial charge is 0.349 e. The molecule has 1 aliphatic rings. The van der Waals surface area contributed by atoms with E-state index in [0.29, 0.717) is 17.5 Å². The SMILES string of the molecule is O=C(Nc1ccc2c(c1)CC(NC(=O)c1ccc(F)cc1)C2)c1ccccc1. The van der Waals surface area contributed by atoms with Crippen molar-refractivity contribution in [3.8, 4) is 0 Å². The number of nitrogens with one attached hydrogen (secondary N) is 2.